The molecule has 1 aromatic heterocycles. The molecule has 1 saturated heterocycles. The van der Waals surface area contributed by atoms with Crippen molar-refractivity contribution in [3.63, 3.8) is 0 Å². The van der Waals surface area contributed by atoms with Gasteiger partial charge in [0.2, 0.25) is 0 Å². The lowest BCUT2D eigenvalue weighted by molar-refractivity contribution is -0.179. The molecule has 7 heteroatoms. The molecule has 4 rings (SSSR count). The average Bonchev–Trinajstić information content (AvgIpc) is 2.69. The Morgan fingerprint density at radius 3 is 2.36 bits per heavy atom. The van der Waals surface area contributed by atoms with Gasteiger partial charge in [-0.15, -0.1) is 0 Å². The fourth-order valence-electron chi connectivity index (χ4n) is 4.50. The normalized spacial score (nSPS) is 27.3. The second kappa shape index (κ2) is 7.19. The SMILES string of the molecule is NC1CCC(N)(c2ccc3cc(N4CCC(C(F)(F)F)CC4)cnc3c2)CC1. The van der Waals surface area contributed by atoms with Gasteiger partial charge in [0.1, 0.15) is 0 Å². The van der Waals surface area contributed by atoms with Crippen LogP contribution in [0.5, 0.6) is 0 Å². The number of piperidine rings is 1. The number of aromatic nitrogens is 1. The maximum absolute atomic E-state index is 12.9. The van der Waals surface area contributed by atoms with Gasteiger partial charge in [-0.3, -0.25) is 4.98 Å². The molecule has 28 heavy (non-hydrogen) atoms. The molecule has 4 N–H and O–H groups in total. The minimum atomic E-state index is -4.09. The van der Waals surface area contributed by atoms with Gasteiger partial charge in [0.15, 0.2) is 0 Å². The molecule has 1 aliphatic heterocycles. The summed E-state index contributed by atoms with van der Waals surface area (Å²) < 4.78 is 38.6. The zero-order valence-corrected chi connectivity index (χ0v) is 15.9. The number of halogens is 3. The van der Waals surface area contributed by atoms with Gasteiger partial charge in [-0.05, 0) is 56.2 Å². The summed E-state index contributed by atoms with van der Waals surface area (Å²) in [5, 5.41) is 0.982. The number of benzene rings is 1. The highest BCUT2D eigenvalue weighted by molar-refractivity contribution is 5.82. The molecule has 0 atom stereocenters. The predicted octanol–water partition coefficient (Wildman–Crippen LogP) is 4.07. The zero-order valence-electron chi connectivity index (χ0n) is 15.9. The van der Waals surface area contributed by atoms with E-state index in [0.29, 0.717) is 13.1 Å². The van der Waals surface area contributed by atoms with Gasteiger partial charge in [0, 0.05) is 30.1 Å². The Bertz CT molecular complexity index is 835. The average molecular weight is 392 g/mol. The molecule has 2 aliphatic rings. The number of alkyl halides is 3. The Kier molecular flexibility index (Phi) is 5.00. The summed E-state index contributed by atoms with van der Waals surface area (Å²) in [5.41, 5.74) is 15.1. The van der Waals surface area contributed by atoms with Crippen LogP contribution < -0.4 is 16.4 Å². The molecule has 0 radical (unpaired) electrons. The summed E-state index contributed by atoms with van der Waals surface area (Å²) in [4.78, 5) is 6.58. The van der Waals surface area contributed by atoms with E-state index in [0.717, 1.165) is 47.8 Å². The first-order valence-electron chi connectivity index (χ1n) is 10.0. The van der Waals surface area contributed by atoms with Crippen molar-refractivity contribution in [2.45, 2.75) is 56.3 Å². The quantitative estimate of drug-likeness (QED) is 0.809. The molecule has 152 valence electrons. The number of pyridine rings is 1. The molecule has 1 aromatic carbocycles. The number of hydrogen-bond donors (Lipinski definition) is 2. The molecule has 2 heterocycles. The van der Waals surface area contributed by atoms with Gasteiger partial charge in [0.25, 0.3) is 0 Å². The van der Waals surface area contributed by atoms with Gasteiger partial charge < -0.3 is 16.4 Å². The number of fused-ring (bicyclic) bond motifs is 1. The highest BCUT2D eigenvalue weighted by atomic mass is 19.4. The fourth-order valence-corrected chi connectivity index (χ4v) is 4.50. The van der Waals surface area contributed by atoms with Crippen molar-refractivity contribution in [3.05, 3.63) is 36.0 Å². The number of hydrogen-bond acceptors (Lipinski definition) is 4. The summed E-state index contributed by atoms with van der Waals surface area (Å²) >= 11 is 0. The van der Waals surface area contributed by atoms with Crippen molar-refractivity contribution in [1.29, 1.82) is 0 Å². The molecule has 1 saturated carbocycles. The van der Waals surface area contributed by atoms with E-state index in [1.807, 2.05) is 23.1 Å². The van der Waals surface area contributed by atoms with Crippen LogP contribution in [0.4, 0.5) is 18.9 Å². The Labute approximate surface area is 163 Å². The maximum atomic E-state index is 12.9. The Morgan fingerprint density at radius 2 is 1.71 bits per heavy atom. The minimum Gasteiger partial charge on any atom is -0.370 e. The van der Waals surface area contributed by atoms with Crippen LogP contribution in [0.25, 0.3) is 10.9 Å². The molecule has 0 amide bonds. The van der Waals surface area contributed by atoms with E-state index in [4.69, 9.17) is 11.5 Å². The van der Waals surface area contributed by atoms with Crippen LogP contribution in [0.1, 0.15) is 44.1 Å². The van der Waals surface area contributed by atoms with Gasteiger partial charge in [-0.1, -0.05) is 12.1 Å². The van der Waals surface area contributed by atoms with Crippen molar-refractivity contribution in [2.75, 3.05) is 18.0 Å². The standard InChI is InChI=1S/C21H27F3N4/c22-21(23,24)15-5-9-28(10-6-15)18-11-14-1-2-16(12-19(14)27-13-18)20(26)7-3-17(25)4-8-20/h1-2,11-13,15,17H,3-10,25-26H2. The zero-order chi connectivity index (χ0) is 19.9. The largest absolute Gasteiger partial charge is 0.391 e. The smallest absolute Gasteiger partial charge is 0.370 e. The van der Waals surface area contributed by atoms with Crippen molar-refractivity contribution in [2.24, 2.45) is 17.4 Å². The second-order valence-electron chi connectivity index (χ2n) is 8.40. The van der Waals surface area contributed by atoms with Crippen LogP contribution in [0.15, 0.2) is 30.5 Å². The summed E-state index contributed by atoms with van der Waals surface area (Å²) in [6.07, 6.45) is 1.53. The predicted molar refractivity (Wildman–Crippen MR) is 105 cm³/mol. The van der Waals surface area contributed by atoms with E-state index in [1.54, 1.807) is 6.20 Å². The lowest BCUT2D eigenvalue weighted by Crippen LogP contribution is -2.43. The fraction of sp³-hybridized carbons (Fsp3) is 0.571. The topological polar surface area (TPSA) is 68.2 Å². The maximum Gasteiger partial charge on any atom is 0.391 e. The van der Waals surface area contributed by atoms with Crippen LogP contribution in [-0.4, -0.2) is 30.3 Å². The summed E-state index contributed by atoms with van der Waals surface area (Å²) in [6.45, 7) is 0.809. The molecule has 1 aliphatic carbocycles. The van der Waals surface area contributed by atoms with E-state index in [-0.39, 0.29) is 24.4 Å². The van der Waals surface area contributed by atoms with Crippen LogP contribution in [0.3, 0.4) is 0 Å². The number of anilines is 1. The second-order valence-corrected chi connectivity index (χ2v) is 8.40. The summed E-state index contributed by atoms with van der Waals surface area (Å²) in [6, 6.07) is 8.37. The molecule has 0 unspecified atom stereocenters. The molecule has 0 spiro atoms. The van der Waals surface area contributed by atoms with Crippen LogP contribution in [-0.2, 0) is 5.54 Å². The third kappa shape index (κ3) is 3.82. The van der Waals surface area contributed by atoms with E-state index >= 15 is 0 Å². The molecule has 2 aromatic rings. The van der Waals surface area contributed by atoms with Crippen molar-refractivity contribution >= 4 is 16.6 Å². The molecular weight excluding hydrogens is 365 g/mol. The Hall–Kier alpha value is -1.86. The van der Waals surface area contributed by atoms with Gasteiger partial charge in [-0.2, -0.15) is 13.2 Å². The first kappa shape index (κ1) is 19.5. The van der Waals surface area contributed by atoms with Crippen LogP contribution in [0.2, 0.25) is 0 Å². The van der Waals surface area contributed by atoms with Crippen molar-refractivity contribution in [3.8, 4) is 0 Å². The van der Waals surface area contributed by atoms with E-state index in [2.05, 4.69) is 11.1 Å². The first-order valence-corrected chi connectivity index (χ1v) is 10.0. The summed E-state index contributed by atoms with van der Waals surface area (Å²) in [5.74, 6) is -1.19. The monoisotopic (exact) mass is 392 g/mol. The highest BCUT2D eigenvalue weighted by Gasteiger charge is 2.41. The third-order valence-electron chi connectivity index (χ3n) is 6.49. The Morgan fingerprint density at radius 1 is 1.04 bits per heavy atom. The van der Waals surface area contributed by atoms with Crippen LogP contribution >= 0.6 is 0 Å². The van der Waals surface area contributed by atoms with Crippen molar-refractivity contribution in [1.82, 2.24) is 4.98 Å². The van der Waals surface area contributed by atoms with E-state index in [9.17, 15) is 13.2 Å². The Balaban J connectivity index is 1.51. The van der Waals surface area contributed by atoms with E-state index in [1.165, 1.54) is 0 Å². The summed E-state index contributed by atoms with van der Waals surface area (Å²) in [7, 11) is 0. The number of nitrogens with zero attached hydrogens (tertiary/aromatic N) is 2. The third-order valence-corrected chi connectivity index (χ3v) is 6.49. The van der Waals surface area contributed by atoms with Gasteiger partial charge in [0.05, 0.1) is 23.3 Å². The first-order chi connectivity index (χ1) is 13.2. The lowest BCUT2D eigenvalue weighted by Gasteiger charge is -2.36. The van der Waals surface area contributed by atoms with Crippen LogP contribution in [0, 0.1) is 5.92 Å². The number of rotatable bonds is 2. The molecule has 2 fully saturated rings. The van der Waals surface area contributed by atoms with Crippen molar-refractivity contribution < 1.29 is 13.2 Å². The van der Waals surface area contributed by atoms with Gasteiger partial charge >= 0.3 is 6.18 Å². The van der Waals surface area contributed by atoms with E-state index < -0.39 is 12.1 Å². The molecule has 0 bridgehead atoms. The molecule has 4 nitrogen and oxygen atoms in total. The lowest BCUT2D eigenvalue weighted by atomic mass is 9.76. The number of nitrogens with two attached hydrogens (primary N) is 2. The highest BCUT2D eigenvalue weighted by Crippen LogP contribution is 2.37. The van der Waals surface area contributed by atoms with Gasteiger partial charge in [-0.25, -0.2) is 0 Å². The molecular formula is C21H27F3N4. The minimum absolute atomic E-state index is 0.137.